The third-order valence-electron chi connectivity index (χ3n) is 4.56. The average molecular weight is 285 g/mol. The van der Waals surface area contributed by atoms with Crippen LogP contribution < -0.4 is 20.5 Å². The second kappa shape index (κ2) is 4.49. The number of anilines is 1. The lowest BCUT2D eigenvalue weighted by molar-refractivity contribution is 0.174. The minimum atomic E-state index is -0.0995. The van der Waals surface area contributed by atoms with Crippen molar-refractivity contribution in [1.82, 2.24) is 4.98 Å². The Kier molecular flexibility index (Phi) is 2.72. The highest BCUT2D eigenvalue weighted by Crippen LogP contribution is 2.42. The zero-order valence-corrected chi connectivity index (χ0v) is 12.1. The van der Waals surface area contributed by atoms with Gasteiger partial charge in [-0.1, -0.05) is 0 Å². The summed E-state index contributed by atoms with van der Waals surface area (Å²) in [5, 5.41) is 5.70. The third-order valence-corrected chi connectivity index (χ3v) is 4.56. The second-order valence-corrected chi connectivity index (χ2v) is 6.11. The molecule has 4 rings (SSSR count). The van der Waals surface area contributed by atoms with Gasteiger partial charge in [-0.3, -0.25) is 0 Å². The molecule has 0 saturated heterocycles. The van der Waals surface area contributed by atoms with Crippen molar-refractivity contribution in [2.45, 2.75) is 25.3 Å². The Morgan fingerprint density at radius 2 is 2.10 bits per heavy atom. The predicted molar refractivity (Wildman–Crippen MR) is 81.7 cm³/mol. The van der Waals surface area contributed by atoms with E-state index in [1.807, 2.05) is 24.4 Å². The quantitative estimate of drug-likeness (QED) is 0.903. The van der Waals surface area contributed by atoms with Crippen LogP contribution in [0.2, 0.25) is 0 Å². The van der Waals surface area contributed by atoms with E-state index in [0.717, 1.165) is 28.1 Å². The van der Waals surface area contributed by atoms with E-state index in [4.69, 9.17) is 15.2 Å². The number of benzene rings is 1. The van der Waals surface area contributed by atoms with Gasteiger partial charge in [0, 0.05) is 18.1 Å². The van der Waals surface area contributed by atoms with Gasteiger partial charge in [0.2, 0.25) is 6.79 Å². The fraction of sp³-hybridized carbons (Fsp3) is 0.438. The summed E-state index contributed by atoms with van der Waals surface area (Å²) in [6, 6.07) is 5.98. The lowest BCUT2D eigenvalue weighted by Crippen LogP contribution is -2.44. The Bertz CT molecular complexity index is 699. The van der Waals surface area contributed by atoms with Crippen LogP contribution in [0.5, 0.6) is 11.5 Å². The van der Waals surface area contributed by atoms with E-state index in [9.17, 15) is 0 Å². The van der Waals surface area contributed by atoms with Crippen LogP contribution in [0, 0.1) is 5.92 Å². The highest BCUT2D eigenvalue weighted by Gasteiger charge is 2.41. The van der Waals surface area contributed by atoms with Crippen LogP contribution in [0.3, 0.4) is 0 Å². The standard InChI is InChI=1S/C16H19N3O2/c1-16(8-17,11-2-3-11)19-15-12-7-14-13(20-9-21-14)6-10(12)4-5-18-15/h4-7,11H,2-3,8-9,17H2,1H3,(H,18,19). The molecule has 1 aromatic heterocycles. The van der Waals surface area contributed by atoms with Gasteiger partial charge in [0.05, 0.1) is 5.54 Å². The van der Waals surface area contributed by atoms with E-state index in [1.54, 1.807) is 0 Å². The molecule has 1 saturated carbocycles. The molecule has 0 radical (unpaired) electrons. The molecule has 1 aliphatic carbocycles. The molecule has 1 atom stereocenters. The zero-order valence-electron chi connectivity index (χ0n) is 12.1. The van der Waals surface area contributed by atoms with Crippen LogP contribution in [0.1, 0.15) is 19.8 Å². The lowest BCUT2D eigenvalue weighted by Gasteiger charge is -2.30. The highest BCUT2D eigenvalue weighted by atomic mass is 16.7. The molecule has 2 aromatic rings. The van der Waals surface area contributed by atoms with E-state index >= 15 is 0 Å². The van der Waals surface area contributed by atoms with Gasteiger partial charge in [-0.15, -0.1) is 0 Å². The van der Waals surface area contributed by atoms with Gasteiger partial charge < -0.3 is 20.5 Å². The van der Waals surface area contributed by atoms with Crippen molar-refractivity contribution in [3.8, 4) is 11.5 Å². The molecule has 5 heteroatoms. The minimum absolute atomic E-state index is 0.0995. The van der Waals surface area contributed by atoms with Crippen LogP contribution in [0.25, 0.3) is 10.8 Å². The topological polar surface area (TPSA) is 69.4 Å². The number of fused-ring (bicyclic) bond motifs is 2. The van der Waals surface area contributed by atoms with Crippen molar-refractivity contribution in [3.63, 3.8) is 0 Å². The molecule has 2 heterocycles. The number of hydrogen-bond donors (Lipinski definition) is 2. The van der Waals surface area contributed by atoms with Crippen molar-refractivity contribution < 1.29 is 9.47 Å². The smallest absolute Gasteiger partial charge is 0.231 e. The third kappa shape index (κ3) is 2.08. The number of nitrogens with two attached hydrogens (primary N) is 1. The Morgan fingerprint density at radius 3 is 2.81 bits per heavy atom. The molecule has 1 aromatic carbocycles. The summed E-state index contributed by atoms with van der Waals surface area (Å²) in [7, 11) is 0. The Hall–Kier alpha value is -2.01. The van der Waals surface area contributed by atoms with Gasteiger partial charge in [0.25, 0.3) is 0 Å². The van der Waals surface area contributed by atoms with Crippen molar-refractivity contribution >= 4 is 16.6 Å². The summed E-state index contributed by atoms with van der Waals surface area (Å²) < 4.78 is 10.9. The lowest BCUT2D eigenvalue weighted by atomic mass is 9.95. The summed E-state index contributed by atoms with van der Waals surface area (Å²) in [5.41, 5.74) is 5.90. The zero-order chi connectivity index (χ0) is 14.4. The molecule has 5 nitrogen and oxygen atoms in total. The number of hydrogen-bond acceptors (Lipinski definition) is 5. The average Bonchev–Trinajstić information content (AvgIpc) is 3.26. The maximum Gasteiger partial charge on any atom is 0.231 e. The van der Waals surface area contributed by atoms with Crippen molar-refractivity contribution in [2.24, 2.45) is 11.7 Å². The van der Waals surface area contributed by atoms with Crippen LogP contribution in [0.4, 0.5) is 5.82 Å². The summed E-state index contributed by atoms with van der Waals surface area (Å²) in [5.74, 6) is 3.07. The van der Waals surface area contributed by atoms with Gasteiger partial charge in [-0.25, -0.2) is 4.98 Å². The first-order chi connectivity index (χ1) is 10.2. The summed E-state index contributed by atoms with van der Waals surface area (Å²) in [6.45, 7) is 3.06. The fourth-order valence-corrected chi connectivity index (χ4v) is 2.97. The van der Waals surface area contributed by atoms with Crippen LogP contribution >= 0.6 is 0 Å². The van der Waals surface area contributed by atoms with Crippen molar-refractivity contribution in [2.75, 3.05) is 18.7 Å². The molecule has 110 valence electrons. The number of nitrogens with one attached hydrogen (secondary N) is 1. The number of pyridine rings is 1. The molecule has 21 heavy (non-hydrogen) atoms. The SMILES string of the molecule is CC(CN)(Nc1nccc2cc3c(cc12)OCO3)C1CC1. The molecule has 1 fully saturated rings. The first kappa shape index (κ1) is 12.7. The van der Waals surface area contributed by atoms with Crippen LogP contribution in [-0.2, 0) is 0 Å². The molecular formula is C16H19N3O2. The highest BCUT2D eigenvalue weighted by molar-refractivity contribution is 5.94. The van der Waals surface area contributed by atoms with E-state index in [-0.39, 0.29) is 12.3 Å². The summed E-state index contributed by atoms with van der Waals surface area (Å²) in [4.78, 5) is 4.51. The van der Waals surface area contributed by atoms with Gasteiger partial charge in [-0.05, 0) is 49.3 Å². The van der Waals surface area contributed by atoms with Gasteiger partial charge in [-0.2, -0.15) is 0 Å². The monoisotopic (exact) mass is 285 g/mol. The summed E-state index contributed by atoms with van der Waals surface area (Å²) >= 11 is 0. The fourth-order valence-electron chi connectivity index (χ4n) is 2.97. The second-order valence-electron chi connectivity index (χ2n) is 6.11. The number of nitrogens with zero attached hydrogens (tertiary/aromatic N) is 1. The van der Waals surface area contributed by atoms with E-state index in [2.05, 4.69) is 17.2 Å². The van der Waals surface area contributed by atoms with Crippen molar-refractivity contribution in [1.29, 1.82) is 0 Å². The molecular weight excluding hydrogens is 266 g/mol. The molecule has 0 amide bonds. The van der Waals surface area contributed by atoms with Gasteiger partial charge >= 0.3 is 0 Å². The maximum absolute atomic E-state index is 6.00. The number of aromatic nitrogens is 1. The molecule has 3 N–H and O–H groups in total. The van der Waals surface area contributed by atoms with Crippen LogP contribution in [-0.4, -0.2) is 23.9 Å². The van der Waals surface area contributed by atoms with E-state index < -0.39 is 0 Å². The predicted octanol–water partition coefficient (Wildman–Crippen LogP) is 2.50. The molecule has 0 spiro atoms. The van der Waals surface area contributed by atoms with Gasteiger partial charge in [0.15, 0.2) is 11.5 Å². The van der Waals surface area contributed by atoms with Crippen molar-refractivity contribution in [3.05, 3.63) is 24.4 Å². The Labute approximate surface area is 123 Å². The summed E-state index contributed by atoms with van der Waals surface area (Å²) in [6.07, 6.45) is 4.28. The molecule has 2 aliphatic rings. The van der Waals surface area contributed by atoms with Crippen LogP contribution in [0.15, 0.2) is 24.4 Å². The number of ether oxygens (including phenoxy) is 2. The minimum Gasteiger partial charge on any atom is -0.454 e. The number of rotatable bonds is 4. The molecule has 1 aliphatic heterocycles. The molecule has 0 bridgehead atoms. The Morgan fingerprint density at radius 1 is 1.33 bits per heavy atom. The molecule has 1 unspecified atom stereocenters. The maximum atomic E-state index is 6.00. The van der Waals surface area contributed by atoms with E-state index in [0.29, 0.717) is 12.5 Å². The normalized spacial score (nSPS) is 19.5. The van der Waals surface area contributed by atoms with Gasteiger partial charge in [0.1, 0.15) is 5.82 Å². The largest absolute Gasteiger partial charge is 0.454 e. The first-order valence-electron chi connectivity index (χ1n) is 7.36. The first-order valence-corrected chi connectivity index (χ1v) is 7.36. The Balaban J connectivity index is 1.78. The van der Waals surface area contributed by atoms with E-state index in [1.165, 1.54) is 12.8 Å².